The molecule has 1 amide bonds. The molecule has 1 aliphatic rings. The number of nitrogens with zero attached hydrogens (tertiary/aromatic N) is 2. The van der Waals surface area contributed by atoms with Gasteiger partial charge in [0.15, 0.2) is 5.76 Å². The summed E-state index contributed by atoms with van der Waals surface area (Å²) in [5.74, 6) is 0.878. The van der Waals surface area contributed by atoms with E-state index in [4.69, 9.17) is 14.1 Å². The van der Waals surface area contributed by atoms with Crippen molar-refractivity contribution in [2.24, 2.45) is 4.99 Å². The van der Waals surface area contributed by atoms with E-state index in [1.54, 1.807) is 19.2 Å². The fourth-order valence-corrected chi connectivity index (χ4v) is 3.51. The second-order valence-corrected chi connectivity index (χ2v) is 6.89. The molecule has 1 aliphatic heterocycles. The Hall–Kier alpha value is -3.54. The zero-order valence-electron chi connectivity index (χ0n) is 16.5. The standard InChI is InChI=1S/C23H23N3O3/c1-26-17(15-25-23(27)21-11-6-12-29-21)14-24-22(19-9-3-4-10-20(19)26)16-7-5-8-18(13-16)28-2/h3-13,17H,14-15H2,1-2H3,(H,25,27). The molecule has 6 heteroatoms. The first-order valence-corrected chi connectivity index (χ1v) is 9.50. The molecule has 0 aliphatic carbocycles. The van der Waals surface area contributed by atoms with Gasteiger partial charge in [0.25, 0.3) is 5.91 Å². The fourth-order valence-electron chi connectivity index (χ4n) is 3.51. The number of benzene rings is 2. The molecule has 0 spiro atoms. The van der Waals surface area contributed by atoms with Crippen LogP contribution in [-0.4, -0.2) is 44.9 Å². The quantitative estimate of drug-likeness (QED) is 0.727. The Morgan fingerprint density at radius 3 is 2.86 bits per heavy atom. The van der Waals surface area contributed by atoms with E-state index in [2.05, 4.69) is 22.3 Å². The Bertz CT molecular complexity index is 1030. The van der Waals surface area contributed by atoms with Crippen LogP contribution in [-0.2, 0) is 0 Å². The van der Waals surface area contributed by atoms with E-state index >= 15 is 0 Å². The average Bonchev–Trinajstić information content (AvgIpc) is 3.26. The maximum absolute atomic E-state index is 12.3. The number of amides is 1. The van der Waals surface area contributed by atoms with Gasteiger partial charge in [0.2, 0.25) is 0 Å². The van der Waals surface area contributed by atoms with E-state index in [-0.39, 0.29) is 11.9 Å². The molecule has 1 N–H and O–H groups in total. The molecule has 29 heavy (non-hydrogen) atoms. The largest absolute Gasteiger partial charge is 0.497 e. The van der Waals surface area contributed by atoms with Gasteiger partial charge in [0.05, 0.1) is 31.7 Å². The van der Waals surface area contributed by atoms with Crippen molar-refractivity contribution in [2.45, 2.75) is 6.04 Å². The van der Waals surface area contributed by atoms with Gasteiger partial charge < -0.3 is 19.4 Å². The van der Waals surface area contributed by atoms with Crippen molar-refractivity contribution >= 4 is 17.3 Å². The summed E-state index contributed by atoms with van der Waals surface area (Å²) in [5, 5.41) is 2.95. The Balaban J connectivity index is 1.63. The number of benzodiazepines with no additional fused rings is 1. The lowest BCUT2D eigenvalue weighted by molar-refractivity contribution is 0.0923. The molecule has 0 fully saturated rings. The number of likely N-dealkylation sites (N-methyl/N-ethyl adjacent to an activating group) is 1. The third kappa shape index (κ3) is 3.87. The third-order valence-electron chi connectivity index (χ3n) is 5.13. The Morgan fingerprint density at radius 1 is 1.21 bits per heavy atom. The van der Waals surface area contributed by atoms with Crippen LogP contribution < -0.4 is 15.0 Å². The Labute approximate surface area is 169 Å². The van der Waals surface area contributed by atoms with E-state index in [1.165, 1.54) is 6.26 Å². The zero-order chi connectivity index (χ0) is 20.2. The highest BCUT2D eigenvalue weighted by atomic mass is 16.5. The van der Waals surface area contributed by atoms with Crippen LogP contribution in [0.2, 0.25) is 0 Å². The number of carbonyl (C=O) groups is 1. The molecule has 1 atom stereocenters. The summed E-state index contributed by atoms with van der Waals surface area (Å²) in [6.07, 6.45) is 1.49. The van der Waals surface area contributed by atoms with Crippen molar-refractivity contribution in [3.8, 4) is 5.75 Å². The van der Waals surface area contributed by atoms with Gasteiger partial charge in [-0.1, -0.05) is 30.3 Å². The first kappa shape index (κ1) is 18.8. The number of furan rings is 1. The molecule has 1 unspecified atom stereocenters. The van der Waals surface area contributed by atoms with Crippen molar-refractivity contribution < 1.29 is 13.9 Å². The smallest absolute Gasteiger partial charge is 0.287 e. The summed E-state index contributed by atoms with van der Waals surface area (Å²) in [7, 11) is 3.69. The number of nitrogens with one attached hydrogen (secondary N) is 1. The van der Waals surface area contributed by atoms with Gasteiger partial charge in [-0.15, -0.1) is 0 Å². The lowest BCUT2D eigenvalue weighted by Gasteiger charge is -2.28. The van der Waals surface area contributed by atoms with Crippen molar-refractivity contribution in [3.05, 3.63) is 83.8 Å². The van der Waals surface area contributed by atoms with Crippen LogP contribution in [0.5, 0.6) is 5.75 Å². The lowest BCUT2D eigenvalue weighted by Crippen LogP contribution is -2.43. The van der Waals surface area contributed by atoms with Gasteiger partial charge in [-0.2, -0.15) is 0 Å². The number of fused-ring (bicyclic) bond motifs is 1. The highest BCUT2D eigenvalue weighted by Crippen LogP contribution is 2.28. The Morgan fingerprint density at radius 2 is 2.07 bits per heavy atom. The molecule has 0 saturated heterocycles. The number of anilines is 1. The van der Waals surface area contributed by atoms with Crippen molar-refractivity contribution in [1.82, 2.24) is 5.32 Å². The zero-order valence-corrected chi connectivity index (χ0v) is 16.5. The molecule has 0 saturated carbocycles. The van der Waals surface area contributed by atoms with Gasteiger partial charge in [0.1, 0.15) is 5.75 Å². The molecule has 6 nitrogen and oxygen atoms in total. The fraction of sp³-hybridized carbons (Fsp3) is 0.217. The SMILES string of the molecule is COc1cccc(C2=NCC(CNC(=O)c3ccco3)N(C)c3ccccc32)c1. The van der Waals surface area contributed by atoms with Crippen LogP contribution in [0.15, 0.2) is 76.3 Å². The van der Waals surface area contributed by atoms with Crippen LogP contribution in [0.1, 0.15) is 21.7 Å². The number of para-hydroxylation sites is 1. The molecule has 2 aromatic carbocycles. The van der Waals surface area contributed by atoms with E-state index in [1.807, 2.05) is 43.4 Å². The van der Waals surface area contributed by atoms with E-state index in [0.29, 0.717) is 18.8 Å². The van der Waals surface area contributed by atoms with E-state index < -0.39 is 0 Å². The maximum Gasteiger partial charge on any atom is 0.287 e. The summed E-state index contributed by atoms with van der Waals surface area (Å²) < 4.78 is 10.6. The first-order valence-electron chi connectivity index (χ1n) is 9.50. The van der Waals surface area contributed by atoms with E-state index in [9.17, 15) is 4.79 Å². The molecule has 4 rings (SSSR count). The molecule has 148 valence electrons. The Kier molecular flexibility index (Phi) is 5.33. The van der Waals surface area contributed by atoms with Gasteiger partial charge in [0, 0.05) is 30.4 Å². The number of aliphatic imine (C=N–C) groups is 1. The summed E-state index contributed by atoms with van der Waals surface area (Å²) >= 11 is 0. The molecular weight excluding hydrogens is 366 g/mol. The number of rotatable bonds is 5. The van der Waals surface area contributed by atoms with Crippen molar-refractivity contribution in [1.29, 1.82) is 0 Å². The molecular formula is C23H23N3O3. The van der Waals surface area contributed by atoms with Crippen LogP contribution in [0.3, 0.4) is 0 Å². The molecule has 1 aromatic heterocycles. The predicted octanol–water partition coefficient (Wildman–Crippen LogP) is 3.37. The second-order valence-electron chi connectivity index (χ2n) is 6.89. The molecule has 0 radical (unpaired) electrons. The van der Waals surface area contributed by atoms with Gasteiger partial charge >= 0.3 is 0 Å². The maximum atomic E-state index is 12.3. The predicted molar refractivity (Wildman–Crippen MR) is 113 cm³/mol. The molecule has 0 bridgehead atoms. The summed E-state index contributed by atoms with van der Waals surface area (Å²) in [6.45, 7) is 1.01. The minimum Gasteiger partial charge on any atom is -0.497 e. The summed E-state index contributed by atoms with van der Waals surface area (Å²) in [5.41, 5.74) is 4.06. The monoisotopic (exact) mass is 389 g/mol. The average molecular weight is 389 g/mol. The van der Waals surface area contributed by atoms with Gasteiger partial charge in [-0.3, -0.25) is 9.79 Å². The number of hydrogen-bond donors (Lipinski definition) is 1. The number of hydrogen-bond acceptors (Lipinski definition) is 5. The minimum atomic E-state index is -0.224. The van der Waals surface area contributed by atoms with Crippen LogP contribution in [0.4, 0.5) is 5.69 Å². The van der Waals surface area contributed by atoms with Crippen molar-refractivity contribution in [3.63, 3.8) is 0 Å². The minimum absolute atomic E-state index is 0.0122. The summed E-state index contributed by atoms with van der Waals surface area (Å²) in [4.78, 5) is 19.4. The summed E-state index contributed by atoms with van der Waals surface area (Å²) in [6, 6.07) is 19.5. The highest BCUT2D eigenvalue weighted by Gasteiger charge is 2.25. The van der Waals surface area contributed by atoms with Crippen LogP contribution in [0.25, 0.3) is 0 Å². The number of carbonyl (C=O) groups excluding carboxylic acids is 1. The molecule has 3 aromatic rings. The van der Waals surface area contributed by atoms with Gasteiger partial charge in [-0.25, -0.2) is 0 Å². The number of methoxy groups -OCH3 is 1. The third-order valence-corrected chi connectivity index (χ3v) is 5.13. The second kappa shape index (κ2) is 8.22. The van der Waals surface area contributed by atoms with E-state index in [0.717, 1.165) is 28.3 Å². The van der Waals surface area contributed by atoms with Crippen LogP contribution in [0, 0.1) is 0 Å². The normalized spacial score (nSPS) is 15.9. The van der Waals surface area contributed by atoms with Gasteiger partial charge in [-0.05, 0) is 30.3 Å². The number of ether oxygens (including phenoxy) is 1. The molecule has 2 heterocycles. The highest BCUT2D eigenvalue weighted by molar-refractivity contribution is 6.16. The lowest BCUT2D eigenvalue weighted by atomic mass is 10.00. The first-order chi connectivity index (χ1) is 14.2. The van der Waals surface area contributed by atoms with Crippen molar-refractivity contribution in [2.75, 3.05) is 32.1 Å². The topological polar surface area (TPSA) is 67.1 Å². The van der Waals surface area contributed by atoms with Crippen LogP contribution >= 0.6 is 0 Å².